The number of nitrogens with two attached hydrogens (primary N) is 1. The Morgan fingerprint density at radius 1 is 1.34 bits per heavy atom. The lowest BCUT2D eigenvalue weighted by atomic mass is 10.2. The maximum atomic E-state index is 14.2. The molecular weight excluding hydrogens is 413 g/mol. The zero-order chi connectivity index (χ0) is 22.9. The summed E-state index contributed by atoms with van der Waals surface area (Å²) in [4.78, 5) is 13.0. The Morgan fingerprint density at radius 2 is 2.12 bits per heavy atom. The Kier molecular flexibility index (Phi) is 5.56. The van der Waals surface area contributed by atoms with Crippen molar-refractivity contribution in [3.63, 3.8) is 0 Å². The maximum Gasteiger partial charge on any atom is 0.201 e. The summed E-state index contributed by atoms with van der Waals surface area (Å²) in [5.41, 5.74) is 8.56. The maximum absolute atomic E-state index is 14.2. The standard InChI is InChI=1S/C22H22FN7O2/c1-13(22(2,31)32)27-18-11-26-21(28-20(18)24)17-10-19(16-8-5-9-25-16)30(29-17)12-14-6-3-4-7-15(14)23/h3-8,10-11,27,31-32H,1,9,12H2,2H3,(H2,24,26,28). The third-order valence-electron chi connectivity index (χ3n) is 4.87. The van der Waals surface area contributed by atoms with Crippen LogP contribution in [0, 0.1) is 5.82 Å². The van der Waals surface area contributed by atoms with Crippen LogP contribution >= 0.6 is 0 Å². The number of anilines is 2. The molecule has 1 aliphatic rings. The van der Waals surface area contributed by atoms with Gasteiger partial charge in [0.05, 0.1) is 42.1 Å². The number of hydrogen-bond acceptors (Lipinski definition) is 8. The van der Waals surface area contributed by atoms with Gasteiger partial charge in [0.1, 0.15) is 11.5 Å². The van der Waals surface area contributed by atoms with Crippen LogP contribution in [0.3, 0.4) is 0 Å². The van der Waals surface area contributed by atoms with Gasteiger partial charge >= 0.3 is 0 Å². The molecule has 0 saturated carbocycles. The molecule has 1 aliphatic heterocycles. The molecule has 0 radical (unpaired) electrons. The number of aromatic nitrogens is 4. The molecule has 0 spiro atoms. The number of aliphatic imine (C=N–C) groups is 1. The second-order valence-corrected chi connectivity index (χ2v) is 7.41. The van der Waals surface area contributed by atoms with Crippen LogP contribution in [0.5, 0.6) is 0 Å². The van der Waals surface area contributed by atoms with Gasteiger partial charge in [-0.15, -0.1) is 0 Å². The largest absolute Gasteiger partial charge is 0.382 e. The van der Waals surface area contributed by atoms with E-state index in [-0.39, 0.29) is 35.4 Å². The van der Waals surface area contributed by atoms with E-state index in [0.29, 0.717) is 23.5 Å². The van der Waals surface area contributed by atoms with Gasteiger partial charge in [0, 0.05) is 5.56 Å². The van der Waals surface area contributed by atoms with Crippen molar-refractivity contribution in [3.05, 3.63) is 78.0 Å². The van der Waals surface area contributed by atoms with Gasteiger partial charge in [-0.1, -0.05) is 30.9 Å². The van der Waals surface area contributed by atoms with E-state index in [9.17, 15) is 14.6 Å². The van der Waals surface area contributed by atoms with E-state index in [1.165, 1.54) is 12.3 Å². The fourth-order valence-electron chi connectivity index (χ4n) is 3.07. The molecule has 0 unspecified atom stereocenters. The molecule has 0 saturated heterocycles. The number of aliphatic hydroxyl groups is 2. The van der Waals surface area contributed by atoms with E-state index < -0.39 is 5.79 Å². The topological polar surface area (TPSA) is 134 Å². The van der Waals surface area contributed by atoms with Gasteiger partial charge in [-0.2, -0.15) is 5.10 Å². The molecule has 0 atom stereocenters. The molecule has 3 heterocycles. The molecule has 2 aromatic heterocycles. The number of nitrogens with zero attached hydrogens (tertiary/aromatic N) is 5. The normalized spacial score (nSPS) is 13.3. The smallest absolute Gasteiger partial charge is 0.201 e. The second-order valence-electron chi connectivity index (χ2n) is 7.41. The fraction of sp³-hybridized carbons (Fsp3) is 0.182. The highest BCUT2D eigenvalue weighted by atomic mass is 19.1. The van der Waals surface area contributed by atoms with E-state index in [4.69, 9.17) is 5.73 Å². The van der Waals surface area contributed by atoms with Crippen molar-refractivity contribution < 1.29 is 14.6 Å². The third kappa shape index (κ3) is 4.41. The lowest BCUT2D eigenvalue weighted by molar-refractivity contribution is -0.109. The number of benzene rings is 1. The number of nitrogen functional groups attached to an aromatic ring is 1. The van der Waals surface area contributed by atoms with Crippen LogP contribution in [-0.4, -0.2) is 48.0 Å². The highest BCUT2D eigenvalue weighted by Gasteiger charge is 2.22. The number of allylic oxidation sites excluding steroid dienone is 1. The van der Waals surface area contributed by atoms with Crippen LogP contribution in [0.2, 0.25) is 0 Å². The summed E-state index contributed by atoms with van der Waals surface area (Å²) in [6.07, 6.45) is 5.21. The molecule has 0 fully saturated rings. The summed E-state index contributed by atoms with van der Waals surface area (Å²) in [6, 6.07) is 8.27. The molecule has 0 amide bonds. The Balaban J connectivity index is 1.68. The summed E-state index contributed by atoms with van der Waals surface area (Å²) in [7, 11) is 0. The van der Waals surface area contributed by atoms with E-state index in [1.54, 1.807) is 28.9 Å². The van der Waals surface area contributed by atoms with Crippen LogP contribution in [0.15, 0.2) is 65.9 Å². The van der Waals surface area contributed by atoms with E-state index in [2.05, 4.69) is 32.0 Å². The van der Waals surface area contributed by atoms with Crippen molar-refractivity contribution in [1.82, 2.24) is 19.7 Å². The highest BCUT2D eigenvalue weighted by molar-refractivity contribution is 6.09. The SMILES string of the molecule is C=C(Nc1cnc(-c2cc(C3=NCC=C3)n(Cc3ccccc3F)n2)nc1N)C(C)(O)O. The van der Waals surface area contributed by atoms with Crippen molar-refractivity contribution in [2.24, 2.45) is 4.99 Å². The van der Waals surface area contributed by atoms with E-state index in [1.807, 2.05) is 12.2 Å². The molecule has 4 rings (SSSR count). The minimum Gasteiger partial charge on any atom is -0.382 e. The Hall–Kier alpha value is -3.89. The summed E-state index contributed by atoms with van der Waals surface area (Å²) >= 11 is 0. The summed E-state index contributed by atoms with van der Waals surface area (Å²) < 4.78 is 15.9. The lowest BCUT2D eigenvalue weighted by Gasteiger charge is -2.20. The molecule has 5 N–H and O–H groups in total. The molecule has 164 valence electrons. The van der Waals surface area contributed by atoms with Crippen LogP contribution < -0.4 is 11.1 Å². The average Bonchev–Trinajstić information content (AvgIpc) is 3.40. The van der Waals surface area contributed by atoms with Crippen molar-refractivity contribution in [1.29, 1.82) is 0 Å². The first-order valence-electron chi connectivity index (χ1n) is 9.79. The molecular formula is C22H22FN7O2. The van der Waals surface area contributed by atoms with Gasteiger partial charge in [0.25, 0.3) is 0 Å². The zero-order valence-corrected chi connectivity index (χ0v) is 17.3. The molecule has 0 bridgehead atoms. The van der Waals surface area contributed by atoms with Crippen LogP contribution in [-0.2, 0) is 6.54 Å². The monoisotopic (exact) mass is 435 g/mol. The average molecular weight is 435 g/mol. The highest BCUT2D eigenvalue weighted by Crippen LogP contribution is 2.25. The minimum atomic E-state index is -2.14. The lowest BCUT2D eigenvalue weighted by Crippen LogP contribution is -2.30. The first-order chi connectivity index (χ1) is 15.2. The Morgan fingerprint density at radius 3 is 2.78 bits per heavy atom. The first-order valence-corrected chi connectivity index (χ1v) is 9.79. The predicted molar refractivity (Wildman–Crippen MR) is 119 cm³/mol. The molecule has 0 aliphatic carbocycles. The van der Waals surface area contributed by atoms with Crippen LogP contribution in [0.4, 0.5) is 15.9 Å². The number of halogens is 1. The number of hydrogen-bond donors (Lipinski definition) is 4. The second kappa shape index (κ2) is 8.33. The van der Waals surface area contributed by atoms with Crippen LogP contribution in [0.25, 0.3) is 11.5 Å². The van der Waals surface area contributed by atoms with Crippen LogP contribution in [0.1, 0.15) is 18.2 Å². The molecule has 9 nitrogen and oxygen atoms in total. The zero-order valence-electron chi connectivity index (χ0n) is 17.3. The molecule has 32 heavy (non-hydrogen) atoms. The minimum absolute atomic E-state index is 0.0729. The van der Waals surface area contributed by atoms with E-state index in [0.717, 1.165) is 12.6 Å². The van der Waals surface area contributed by atoms with Gasteiger partial charge < -0.3 is 21.3 Å². The van der Waals surface area contributed by atoms with Gasteiger partial charge in [-0.25, -0.2) is 14.4 Å². The number of rotatable bonds is 7. The number of nitrogens with one attached hydrogen (secondary N) is 1. The van der Waals surface area contributed by atoms with Gasteiger partial charge in [0.15, 0.2) is 11.6 Å². The van der Waals surface area contributed by atoms with Gasteiger partial charge in [-0.3, -0.25) is 9.67 Å². The fourth-order valence-corrected chi connectivity index (χ4v) is 3.07. The summed E-state index contributed by atoms with van der Waals surface area (Å²) in [5, 5.41) is 26.5. The van der Waals surface area contributed by atoms with Crippen molar-refractivity contribution in [3.8, 4) is 11.5 Å². The van der Waals surface area contributed by atoms with Crippen molar-refractivity contribution in [2.75, 3.05) is 17.6 Å². The Labute approximate surface area is 183 Å². The van der Waals surface area contributed by atoms with Gasteiger partial charge in [0.2, 0.25) is 5.79 Å². The predicted octanol–water partition coefficient (Wildman–Crippen LogP) is 2.09. The summed E-state index contributed by atoms with van der Waals surface area (Å²) in [6.45, 7) is 5.50. The summed E-state index contributed by atoms with van der Waals surface area (Å²) in [5.74, 6) is -2.13. The van der Waals surface area contributed by atoms with E-state index >= 15 is 0 Å². The Bertz CT molecular complexity index is 1240. The van der Waals surface area contributed by atoms with Crippen molar-refractivity contribution in [2.45, 2.75) is 19.3 Å². The molecule has 3 aromatic rings. The third-order valence-corrected chi connectivity index (χ3v) is 4.87. The first kappa shape index (κ1) is 21.3. The molecule has 10 heteroatoms. The quantitative estimate of drug-likeness (QED) is 0.418. The van der Waals surface area contributed by atoms with Crippen molar-refractivity contribution >= 4 is 17.2 Å². The van der Waals surface area contributed by atoms with Gasteiger partial charge in [-0.05, 0) is 25.1 Å². The molecule has 1 aromatic carbocycles.